The standard InChI is InChI=1S/C11H18N4O3S2/c1-4-18-8(16)5-19-11-15-14-10(20-11)13-9(17)6(2)7(3)12/h6-7H,4-5,12H2,1-3H3,(H,13,14,17). The number of ether oxygens (including phenoxy) is 1. The van der Waals surface area contributed by atoms with E-state index in [4.69, 9.17) is 10.5 Å². The molecule has 0 aliphatic carbocycles. The molecule has 7 nitrogen and oxygen atoms in total. The smallest absolute Gasteiger partial charge is 0.316 e. The molecule has 0 fully saturated rings. The monoisotopic (exact) mass is 318 g/mol. The van der Waals surface area contributed by atoms with Crippen LogP contribution in [0.15, 0.2) is 4.34 Å². The maximum atomic E-state index is 11.8. The minimum absolute atomic E-state index is 0.173. The summed E-state index contributed by atoms with van der Waals surface area (Å²) < 4.78 is 5.40. The summed E-state index contributed by atoms with van der Waals surface area (Å²) in [5, 5.41) is 10.8. The lowest BCUT2D eigenvalue weighted by molar-refractivity contribution is -0.139. The van der Waals surface area contributed by atoms with Crippen LogP contribution in [0, 0.1) is 5.92 Å². The van der Waals surface area contributed by atoms with Crippen molar-refractivity contribution < 1.29 is 14.3 Å². The normalized spacial score (nSPS) is 13.6. The first kappa shape index (κ1) is 16.9. The Morgan fingerprint density at radius 3 is 2.75 bits per heavy atom. The molecule has 1 aromatic rings. The van der Waals surface area contributed by atoms with Gasteiger partial charge in [0, 0.05) is 6.04 Å². The van der Waals surface area contributed by atoms with E-state index in [1.807, 2.05) is 0 Å². The first-order valence-corrected chi connectivity index (χ1v) is 7.92. The number of nitrogens with zero attached hydrogens (tertiary/aromatic N) is 2. The second-order valence-electron chi connectivity index (χ2n) is 4.10. The SMILES string of the molecule is CCOC(=O)CSc1nnc(NC(=O)C(C)C(C)N)s1. The molecule has 1 heterocycles. The van der Waals surface area contributed by atoms with Crippen LogP contribution in [0.2, 0.25) is 0 Å². The molecule has 3 N–H and O–H groups in total. The zero-order valence-corrected chi connectivity index (χ0v) is 13.2. The second kappa shape index (κ2) is 8.18. The number of nitrogens with two attached hydrogens (primary N) is 1. The minimum atomic E-state index is -0.311. The highest BCUT2D eigenvalue weighted by Gasteiger charge is 2.18. The number of thioether (sulfide) groups is 1. The van der Waals surface area contributed by atoms with Crippen LogP contribution in [0.1, 0.15) is 20.8 Å². The molecule has 0 saturated carbocycles. The van der Waals surface area contributed by atoms with Gasteiger partial charge in [-0.2, -0.15) is 0 Å². The average molecular weight is 318 g/mol. The van der Waals surface area contributed by atoms with Gasteiger partial charge in [-0.15, -0.1) is 10.2 Å². The Labute approximate surface area is 125 Å². The van der Waals surface area contributed by atoms with E-state index < -0.39 is 0 Å². The first-order valence-electron chi connectivity index (χ1n) is 6.12. The van der Waals surface area contributed by atoms with E-state index in [2.05, 4.69) is 15.5 Å². The van der Waals surface area contributed by atoms with Crippen molar-refractivity contribution >= 4 is 40.1 Å². The third-order valence-electron chi connectivity index (χ3n) is 2.46. The molecular weight excluding hydrogens is 300 g/mol. The lowest BCUT2D eigenvalue weighted by Crippen LogP contribution is -2.34. The Kier molecular flexibility index (Phi) is 6.89. The number of esters is 1. The van der Waals surface area contributed by atoms with Gasteiger partial charge in [0.25, 0.3) is 0 Å². The van der Waals surface area contributed by atoms with Crippen LogP contribution in [0.3, 0.4) is 0 Å². The molecule has 0 aromatic carbocycles. The van der Waals surface area contributed by atoms with Crippen LogP contribution in [-0.2, 0) is 14.3 Å². The van der Waals surface area contributed by atoms with Crippen molar-refractivity contribution in [3.63, 3.8) is 0 Å². The lowest BCUT2D eigenvalue weighted by atomic mass is 10.0. The van der Waals surface area contributed by atoms with Crippen LogP contribution in [0.25, 0.3) is 0 Å². The molecule has 1 amide bonds. The van der Waals surface area contributed by atoms with Crippen molar-refractivity contribution in [2.24, 2.45) is 11.7 Å². The third kappa shape index (κ3) is 5.43. The number of carbonyl (C=O) groups excluding carboxylic acids is 2. The van der Waals surface area contributed by atoms with Gasteiger partial charge in [-0.1, -0.05) is 30.0 Å². The van der Waals surface area contributed by atoms with Gasteiger partial charge in [-0.3, -0.25) is 9.59 Å². The van der Waals surface area contributed by atoms with Gasteiger partial charge in [0.2, 0.25) is 11.0 Å². The Hall–Kier alpha value is -1.19. The van der Waals surface area contributed by atoms with Gasteiger partial charge in [-0.25, -0.2) is 0 Å². The van der Waals surface area contributed by atoms with Crippen molar-refractivity contribution in [1.29, 1.82) is 0 Å². The summed E-state index contributed by atoms with van der Waals surface area (Å²) in [6, 6.07) is -0.236. The van der Waals surface area contributed by atoms with Crippen LogP contribution in [-0.4, -0.2) is 40.5 Å². The van der Waals surface area contributed by atoms with Gasteiger partial charge in [0.15, 0.2) is 4.34 Å². The molecule has 9 heteroatoms. The predicted octanol–water partition coefficient (Wildman–Crippen LogP) is 1.12. The maximum absolute atomic E-state index is 11.8. The largest absolute Gasteiger partial charge is 0.465 e. The fourth-order valence-electron chi connectivity index (χ4n) is 1.10. The number of nitrogens with one attached hydrogen (secondary N) is 1. The van der Waals surface area contributed by atoms with E-state index in [0.717, 1.165) is 0 Å². The van der Waals surface area contributed by atoms with Crippen LogP contribution in [0.4, 0.5) is 5.13 Å². The fraction of sp³-hybridized carbons (Fsp3) is 0.636. The molecule has 0 spiro atoms. The molecular formula is C11H18N4O3S2. The van der Waals surface area contributed by atoms with E-state index in [0.29, 0.717) is 16.1 Å². The Morgan fingerprint density at radius 1 is 1.45 bits per heavy atom. The zero-order chi connectivity index (χ0) is 15.1. The summed E-state index contributed by atoms with van der Waals surface area (Å²) >= 11 is 2.44. The molecule has 0 radical (unpaired) electrons. The van der Waals surface area contributed by atoms with Crippen molar-refractivity contribution in [2.75, 3.05) is 17.7 Å². The highest BCUT2D eigenvalue weighted by atomic mass is 32.2. The van der Waals surface area contributed by atoms with E-state index in [-0.39, 0.29) is 29.6 Å². The number of hydrogen-bond donors (Lipinski definition) is 2. The van der Waals surface area contributed by atoms with Gasteiger partial charge in [0.1, 0.15) is 0 Å². The quantitative estimate of drug-likeness (QED) is 0.440. The van der Waals surface area contributed by atoms with Crippen molar-refractivity contribution in [2.45, 2.75) is 31.2 Å². The van der Waals surface area contributed by atoms with Crippen molar-refractivity contribution in [1.82, 2.24) is 10.2 Å². The van der Waals surface area contributed by atoms with E-state index in [9.17, 15) is 9.59 Å². The number of hydrogen-bond acceptors (Lipinski definition) is 8. The summed E-state index contributed by atoms with van der Waals surface area (Å²) in [6.07, 6.45) is 0. The number of rotatable bonds is 7. The molecule has 112 valence electrons. The molecule has 0 saturated heterocycles. The van der Waals surface area contributed by atoms with Crippen LogP contribution >= 0.6 is 23.1 Å². The van der Waals surface area contributed by atoms with E-state index >= 15 is 0 Å². The summed E-state index contributed by atoms with van der Waals surface area (Å²) in [5.74, 6) is -0.636. The molecule has 1 aromatic heterocycles. The molecule has 20 heavy (non-hydrogen) atoms. The summed E-state index contributed by atoms with van der Waals surface area (Å²) in [6.45, 7) is 5.62. The Balaban J connectivity index is 2.47. The van der Waals surface area contributed by atoms with E-state index in [1.54, 1.807) is 20.8 Å². The van der Waals surface area contributed by atoms with E-state index in [1.165, 1.54) is 23.1 Å². The third-order valence-corrected chi connectivity index (χ3v) is 4.40. The van der Waals surface area contributed by atoms with Gasteiger partial charge < -0.3 is 15.8 Å². The first-order chi connectivity index (χ1) is 9.43. The maximum Gasteiger partial charge on any atom is 0.316 e. The number of aromatic nitrogens is 2. The van der Waals surface area contributed by atoms with Gasteiger partial charge in [-0.05, 0) is 13.8 Å². The Morgan fingerprint density at radius 2 is 2.15 bits per heavy atom. The van der Waals surface area contributed by atoms with Crippen molar-refractivity contribution in [3.05, 3.63) is 0 Å². The number of carbonyl (C=O) groups is 2. The summed E-state index contributed by atoms with van der Waals surface area (Å²) in [5.41, 5.74) is 5.66. The fourth-order valence-corrected chi connectivity index (χ4v) is 2.65. The average Bonchev–Trinajstić information content (AvgIpc) is 2.83. The molecule has 1 rings (SSSR count). The lowest BCUT2D eigenvalue weighted by Gasteiger charge is -2.13. The molecule has 2 atom stereocenters. The molecule has 2 unspecified atom stereocenters. The topological polar surface area (TPSA) is 107 Å². The minimum Gasteiger partial charge on any atom is -0.465 e. The Bertz CT molecular complexity index is 464. The van der Waals surface area contributed by atoms with Crippen LogP contribution in [0.5, 0.6) is 0 Å². The van der Waals surface area contributed by atoms with Gasteiger partial charge >= 0.3 is 5.97 Å². The molecule has 0 aliphatic heterocycles. The zero-order valence-electron chi connectivity index (χ0n) is 11.6. The highest BCUT2D eigenvalue weighted by Crippen LogP contribution is 2.25. The molecule has 0 aliphatic rings. The number of anilines is 1. The summed E-state index contributed by atoms with van der Waals surface area (Å²) in [4.78, 5) is 23.0. The van der Waals surface area contributed by atoms with Gasteiger partial charge in [0.05, 0.1) is 18.3 Å². The summed E-state index contributed by atoms with van der Waals surface area (Å²) in [7, 11) is 0. The van der Waals surface area contributed by atoms with Crippen LogP contribution < -0.4 is 11.1 Å². The van der Waals surface area contributed by atoms with Crippen molar-refractivity contribution in [3.8, 4) is 0 Å². The number of amides is 1. The second-order valence-corrected chi connectivity index (χ2v) is 6.30. The molecule has 0 bridgehead atoms. The predicted molar refractivity (Wildman–Crippen MR) is 78.7 cm³/mol. The highest BCUT2D eigenvalue weighted by molar-refractivity contribution is 8.01.